The number of hydrogen-bond donors (Lipinski definition) is 2. The number of hydrogen-bond acceptors (Lipinski definition) is 3. The highest BCUT2D eigenvalue weighted by Gasteiger charge is 2.17. The van der Waals surface area contributed by atoms with E-state index in [2.05, 4.69) is 17.4 Å². The third kappa shape index (κ3) is 4.11. The summed E-state index contributed by atoms with van der Waals surface area (Å²) < 4.78 is 5.55. The van der Waals surface area contributed by atoms with Crippen LogP contribution >= 0.6 is 0 Å². The highest BCUT2D eigenvalue weighted by Crippen LogP contribution is 2.11. The Morgan fingerprint density at radius 1 is 1.35 bits per heavy atom. The molecule has 0 bridgehead atoms. The predicted molar refractivity (Wildman–Crippen MR) is 68.0 cm³/mol. The van der Waals surface area contributed by atoms with Gasteiger partial charge in [0.05, 0.1) is 12.7 Å². The minimum Gasteiger partial charge on any atom is -0.395 e. The van der Waals surface area contributed by atoms with Crippen molar-refractivity contribution in [3.05, 3.63) is 35.9 Å². The van der Waals surface area contributed by atoms with Crippen molar-refractivity contribution in [1.29, 1.82) is 0 Å². The molecular weight excluding hydrogens is 214 g/mol. The molecule has 1 unspecified atom stereocenters. The SMILES string of the molecule is OC[C@@H](Cc1ccccc1)NCC1CCCO1. The molecule has 0 aliphatic carbocycles. The van der Waals surface area contributed by atoms with Gasteiger partial charge in [0.25, 0.3) is 0 Å². The van der Waals surface area contributed by atoms with E-state index in [0.717, 1.165) is 32.4 Å². The molecule has 1 aliphatic rings. The smallest absolute Gasteiger partial charge is 0.0700 e. The van der Waals surface area contributed by atoms with Crippen molar-refractivity contribution < 1.29 is 9.84 Å². The van der Waals surface area contributed by atoms with Gasteiger partial charge in [0.1, 0.15) is 0 Å². The van der Waals surface area contributed by atoms with Gasteiger partial charge in [-0.15, -0.1) is 0 Å². The van der Waals surface area contributed by atoms with E-state index in [-0.39, 0.29) is 12.6 Å². The normalized spacial score (nSPS) is 21.6. The Balaban J connectivity index is 1.76. The second-order valence-electron chi connectivity index (χ2n) is 4.61. The maximum atomic E-state index is 9.36. The molecule has 0 saturated carbocycles. The summed E-state index contributed by atoms with van der Waals surface area (Å²) in [4.78, 5) is 0. The molecule has 2 atom stereocenters. The molecule has 1 aliphatic heterocycles. The van der Waals surface area contributed by atoms with Crippen LogP contribution in [-0.4, -0.2) is 37.0 Å². The lowest BCUT2D eigenvalue weighted by atomic mass is 10.1. The van der Waals surface area contributed by atoms with Crippen LogP contribution in [0.4, 0.5) is 0 Å². The van der Waals surface area contributed by atoms with E-state index in [4.69, 9.17) is 4.74 Å². The minimum atomic E-state index is 0.126. The van der Waals surface area contributed by atoms with Crippen LogP contribution in [0.25, 0.3) is 0 Å². The van der Waals surface area contributed by atoms with Gasteiger partial charge in [-0.05, 0) is 24.8 Å². The number of aliphatic hydroxyl groups excluding tert-OH is 1. The van der Waals surface area contributed by atoms with Crippen molar-refractivity contribution in [2.45, 2.75) is 31.4 Å². The first-order chi connectivity index (χ1) is 8.38. The van der Waals surface area contributed by atoms with E-state index in [1.54, 1.807) is 0 Å². The predicted octanol–water partition coefficient (Wildman–Crippen LogP) is 1.36. The van der Waals surface area contributed by atoms with Gasteiger partial charge in [0.2, 0.25) is 0 Å². The second kappa shape index (κ2) is 6.74. The van der Waals surface area contributed by atoms with Crippen LogP contribution in [0.5, 0.6) is 0 Å². The van der Waals surface area contributed by atoms with Crippen molar-refractivity contribution in [3.63, 3.8) is 0 Å². The van der Waals surface area contributed by atoms with Gasteiger partial charge in [0, 0.05) is 19.2 Å². The van der Waals surface area contributed by atoms with Gasteiger partial charge in [-0.1, -0.05) is 30.3 Å². The third-order valence-corrected chi connectivity index (χ3v) is 3.20. The Bertz CT molecular complexity index is 309. The van der Waals surface area contributed by atoms with Gasteiger partial charge in [0.15, 0.2) is 0 Å². The Kier molecular flexibility index (Phi) is 4.98. The van der Waals surface area contributed by atoms with Crippen LogP contribution in [0.1, 0.15) is 18.4 Å². The first kappa shape index (κ1) is 12.6. The first-order valence-corrected chi connectivity index (χ1v) is 6.38. The van der Waals surface area contributed by atoms with Crippen LogP contribution in [-0.2, 0) is 11.2 Å². The molecule has 2 rings (SSSR count). The summed E-state index contributed by atoms with van der Waals surface area (Å²) in [6.45, 7) is 1.90. The zero-order valence-corrected chi connectivity index (χ0v) is 10.1. The topological polar surface area (TPSA) is 41.5 Å². The molecule has 0 spiro atoms. The van der Waals surface area contributed by atoms with E-state index in [1.165, 1.54) is 5.56 Å². The zero-order valence-electron chi connectivity index (χ0n) is 10.1. The zero-order chi connectivity index (χ0) is 11.9. The molecule has 0 radical (unpaired) electrons. The number of aliphatic hydroxyl groups is 1. The third-order valence-electron chi connectivity index (χ3n) is 3.20. The summed E-state index contributed by atoms with van der Waals surface area (Å²) >= 11 is 0. The summed E-state index contributed by atoms with van der Waals surface area (Å²) in [5.74, 6) is 0. The number of ether oxygens (including phenoxy) is 1. The van der Waals surface area contributed by atoms with E-state index in [1.807, 2.05) is 18.2 Å². The van der Waals surface area contributed by atoms with Crippen molar-refractivity contribution >= 4 is 0 Å². The number of nitrogens with one attached hydrogen (secondary N) is 1. The van der Waals surface area contributed by atoms with E-state index >= 15 is 0 Å². The van der Waals surface area contributed by atoms with Crippen LogP contribution in [0.3, 0.4) is 0 Å². The first-order valence-electron chi connectivity index (χ1n) is 6.38. The molecule has 1 heterocycles. The average Bonchev–Trinajstić information content (AvgIpc) is 2.89. The molecular formula is C14H21NO2. The molecule has 94 valence electrons. The number of rotatable bonds is 6. The fourth-order valence-corrected chi connectivity index (χ4v) is 2.20. The maximum Gasteiger partial charge on any atom is 0.0700 e. The Morgan fingerprint density at radius 2 is 2.18 bits per heavy atom. The second-order valence-corrected chi connectivity index (χ2v) is 4.61. The highest BCUT2D eigenvalue weighted by atomic mass is 16.5. The fourth-order valence-electron chi connectivity index (χ4n) is 2.20. The lowest BCUT2D eigenvalue weighted by molar-refractivity contribution is 0.104. The van der Waals surface area contributed by atoms with Gasteiger partial charge in [-0.3, -0.25) is 0 Å². The molecule has 1 saturated heterocycles. The van der Waals surface area contributed by atoms with Crippen molar-refractivity contribution in [2.24, 2.45) is 0 Å². The summed E-state index contributed by atoms with van der Waals surface area (Å²) in [5, 5.41) is 12.7. The van der Waals surface area contributed by atoms with Crippen LogP contribution in [0.15, 0.2) is 30.3 Å². The maximum absolute atomic E-state index is 9.36. The summed E-state index contributed by atoms with van der Waals surface area (Å²) in [6, 6.07) is 10.4. The van der Waals surface area contributed by atoms with Crippen LogP contribution in [0.2, 0.25) is 0 Å². The van der Waals surface area contributed by atoms with E-state index in [0.29, 0.717) is 6.10 Å². The molecule has 1 aromatic rings. The average molecular weight is 235 g/mol. The van der Waals surface area contributed by atoms with Crippen molar-refractivity contribution in [2.75, 3.05) is 19.8 Å². The molecule has 2 N–H and O–H groups in total. The van der Waals surface area contributed by atoms with Crippen molar-refractivity contribution in [1.82, 2.24) is 5.32 Å². The van der Waals surface area contributed by atoms with Crippen molar-refractivity contribution in [3.8, 4) is 0 Å². The molecule has 0 aromatic heterocycles. The van der Waals surface area contributed by atoms with Crippen LogP contribution in [0, 0.1) is 0 Å². The molecule has 3 nitrogen and oxygen atoms in total. The van der Waals surface area contributed by atoms with Gasteiger partial charge < -0.3 is 15.2 Å². The Hall–Kier alpha value is -0.900. The number of benzene rings is 1. The van der Waals surface area contributed by atoms with Gasteiger partial charge >= 0.3 is 0 Å². The summed E-state index contributed by atoms with van der Waals surface area (Å²) in [5.41, 5.74) is 1.26. The Labute approximate surface area is 103 Å². The summed E-state index contributed by atoms with van der Waals surface area (Å²) in [6.07, 6.45) is 3.50. The lowest BCUT2D eigenvalue weighted by Crippen LogP contribution is -2.39. The minimum absolute atomic E-state index is 0.126. The molecule has 17 heavy (non-hydrogen) atoms. The monoisotopic (exact) mass is 235 g/mol. The van der Waals surface area contributed by atoms with E-state index in [9.17, 15) is 5.11 Å². The lowest BCUT2D eigenvalue weighted by Gasteiger charge is -2.18. The van der Waals surface area contributed by atoms with Gasteiger partial charge in [-0.2, -0.15) is 0 Å². The van der Waals surface area contributed by atoms with E-state index < -0.39 is 0 Å². The fraction of sp³-hybridized carbons (Fsp3) is 0.571. The van der Waals surface area contributed by atoms with Crippen LogP contribution < -0.4 is 5.32 Å². The summed E-state index contributed by atoms with van der Waals surface area (Å²) in [7, 11) is 0. The van der Waals surface area contributed by atoms with Gasteiger partial charge in [-0.25, -0.2) is 0 Å². The standard InChI is InChI=1S/C14H21NO2/c16-11-13(9-12-5-2-1-3-6-12)15-10-14-7-4-8-17-14/h1-3,5-6,13-16H,4,7-11H2/t13-,14?/m1/s1. The molecule has 0 amide bonds. The molecule has 1 fully saturated rings. The quantitative estimate of drug-likeness (QED) is 0.782. The largest absolute Gasteiger partial charge is 0.395 e. The molecule has 1 aromatic carbocycles. The molecule has 3 heteroatoms. The Morgan fingerprint density at radius 3 is 2.82 bits per heavy atom. The highest BCUT2D eigenvalue weighted by molar-refractivity contribution is 5.15.